The van der Waals surface area contributed by atoms with Crippen LogP contribution < -0.4 is 0 Å². The van der Waals surface area contributed by atoms with E-state index < -0.39 is 0 Å². The quantitative estimate of drug-likeness (QED) is 0.755. The summed E-state index contributed by atoms with van der Waals surface area (Å²) in [6, 6.07) is 7.53. The van der Waals surface area contributed by atoms with Gasteiger partial charge in [0.1, 0.15) is 0 Å². The van der Waals surface area contributed by atoms with Gasteiger partial charge in [0.05, 0.1) is 23.1 Å². The van der Waals surface area contributed by atoms with Crippen molar-refractivity contribution in [2.45, 2.75) is 40.5 Å². The molecule has 0 spiro atoms. The number of hydrogen-bond acceptors (Lipinski definition) is 2. The molecule has 0 saturated heterocycles. The van der Waals surface area contributed by atoms with E-state index in [1.54, 1.807) is 6.20 Å². The average Bonchev–Trinajstić information content (AvgIpc) is 2.96. The van der Waals surface area contributed by atoms with Crippen molar-refractivity contribution in [3.63, 3.8) is 0 Å². The maximum Gasteiger partial charge on any atom is 0.257 e. The Morgan fingerprint density at radius 2 is 2.00 bits per heavy atom. The van der Waals surface area contributed by atoms with E-state index in [0.29, 0.717) is 23.0 Å². The number of nitrogens with zero attached hydrogens (tertiary/aromatic N) is 3. The van der Waals surface area contributed by atoms with E-state index in [1.807, 2.05) is 40.8 Å². The van der Waals surface area contributed by atoms with Crippen LogP contribution in [0.15, 0.2) is 30.5 Å². The number of halogens is 1. The van der Waals surface area contributed by atoms with Crippen LogP contribution in [0.1, 0.15) is 56.6 Å². The van der Waals surface area contributed by atoms with E-state index in [4.69, 9.17) is 11.6 Å². The molecule has 0 aliphatic heterocycles. The van der Waals surface area contributed by atoms with Crippen LogP contribution in [0, 0.1) is 5.92 Å². The fourth-order valence-electron chi connectivity index (χ4n) is 2.86. The summed E-state index contributed by atoms with van der Waals surface area (Å²) >= 11 is 6.11. The minimum atomic E-state index is 0.0446. The summed E-state index contributed by atoms with van der Waals surface area (Å²) in [5.41, 5.74) is 2.47. The van der Waals surface area contributed by atoms with Gasteiger partial charge < -0.3 is 4.90 Å². The molecule has 130 valence electrons. The molecule has 0 aliphatic carbocycles. The minimum absolute atomic E-state index is 0.0446. The van der Waals surface area contributed by atoms with Gasteiger partial charge in [0, 0.05) is 18.1 Å². The highest BCUT2D eigenvalue weighted by Crippen LogP contribution is 2.25. The highest BCUT2D eigenvalue weighted by molar-refractivity contribution is 6.30. The predicted molar refractivity (Wildman–Crippen MR) is 99.1 cm³/mol. The lowest BCUT2D eigenvalue weighted by Gasteiger charge is -2.23. The van der Waals surface area contributed by atoms with Gasteiger partial charge in [-0.25, -0.2) is 4.68 Å². The van der Waals surface area contributed by atoms with Gasteiger partial charge in [-0.1, -0.05) is 45.4 Å². The molecule has 1 amide bonds. The lowest BCUT2D eigenvalue weighted by molar-refractivity contribution is 0.0744. The zero-order chi connectivity index (χ0) is 17.9. The number of rotatable bonds is 6. The number of amides is 1. The highest BCUT2D eigenvalue weighted by Gasteiger charge is 2.24. The van der Waals surface area contributed by atoms with E-state index in [0.717, 1.165) is 17.9 Å². The van der Waals surface area contributed by atoms with Crippen molar-refractivity contribution < 1.29 is 4.79 Å². The van der Waals surface area contributed by atoms with Gasteiger partial charge in [-0.3, -0.25) is 4.79 Å². The first-order valence-corrected chi connectivity index (χ1v) is 8.86. The fourth-order valence-corrected chi connectivity index (χ4v) is 3.04. The molecule has 1 heterocycles. The summed E-state index contributed by atoms with van der Waals surface area (Å²) in [5, 5.41) is 5.13. The molecule has 0 saturated carbocycles. The zero-order valence-corrected chi connectivity index (χ0v) is 15.8. The Kier molecular flexibility index (Phi) is 6.05. The molecular formula is C19H26ClN3O. The van der Waals surface area contributed by atoms with Crippen LogP contribution in [0.25, 0.3) is 5.69 Å². The Morgan fingerprint density at radius 1 is 1.29 bits per heavy atom. The summed E-state index contributed by atoms with van der Waals surface area (Å²) in [6.07, 6.45) is 1.68. The van der Waals surface area contributed by atoms with Gasteiger partial charge in [-0.05, 0) is 37.0 Å². The fraction of sp³-hybridized carbons (Fsp3) is 0.474. The molecule has 0 aliphatic rings. The van der Waals surface area contributed by atoms with Crippen molar-refractivity contribution in [3.8, 4) is 5.69 Å². The SMILES string of the molecule is CCN(CC(C)C)C(=O)c1cnn(-c2cccc(Cl)c2)c1C(C)C. The number of carbonyl (C=O) groups is 1. The second kappa shape index (κ2) is 7.84. The molecule has 0 radical (unpaired) electrons. The summed E-state index contributed by atoms with van der Waals surface area (Å²) in [5.74, 6) is 0.644. The molecule has 5 heteroatoms. The van der Waals surface area contributed by atoms with Gasteiger partial charge in [0.2, 0.25) is 0 Å². The van der Waals surface area contributed by atoms with Crippen LogP contribution in [0.5, 0.6) is 0 Å². The van der Waals surface area contributed by atoms with Gasteiger partial charge >= 0.3 is 0 Å². The summed E-state index contributed by atoms with van der Waals surface area (Å²) < 4.78 is 1.83. The van der Waals surface area contributed by atoms with Crippen molar-refractivity contribution in [3.05, 3.63) is 46.7 Å². The summed E-state index contributed by atoms with van der Waals surface area (Å²) in [7, 11) is 0. The van der Waals surface area contributed by atoms with E-state index >= 15 is 0 Å². The zero-order valence-electron chi connectivity index (χ0n) is 15.1. The third kappa shape index (κ3) is 3.99. The van der Waals surface area contributed by atoms with Crippen LogP contribution in [-0.2, 0) is 0 Å². The Balaban J connectivity index is 2.47. The Bertz CT molecular complexity index is 706. The Hall–Kier alpha value is -1.81. The first kappa shape index (κ1) is 18.5. The molecule has 0 N–H and O–H groups in total. The van der Waals surface area contributed by atoms with Gasteiger partial charge in [-0.2, -0.15) is 5.10 Å². The molecule has 2 aromatic rings. The number of carbonyl (C=O) groups excluding carboxylic acids is 1. The first-order valence-electron chi connectivity index (χ1n) is 8.48. The largest absolute Gasteiger partial charge is 0.339 e. The predicted octanol–water partition coefficient (Wildman–Crippen LogP) is 4.77. The van der Waals surface area contributed by atoms with Crippen LogP contribution >= 0.6 is 11.6 Å². The van der Waals surface area contributed by atoms with Gasteiger partial charge in [0.25, 0.3) is 5.91 Å². The lowest BCUT2D eigenvalue weighted by atomic mass is 10.0. The molecule has 0 fully saturated rings. The van der Waals surface area contributed by atoms with Crippen molar-refractivity contribution in [2.75, 3.05) is 13.1 Å². The normalized spacial score (nSPS) is 11.3. The maximum atomic E-state index is 13.0. The second-order valence-corrected chi connectivity index (χ2v) is 7.16. The third-order valence-electron chi connectivity index (χ3n) is 3.89. The minimum Gasteiger partial charge on any atom is -0.339 e. The molecule has 1 aromatic heterocycles. The maximum absolute atomic E-state index is 13.0. The van der Waals surface area contributed by atoms with Crippen molar-refractivity contribution in [1.82, 2.24) is 14.7 Å². The van der Waals surface area contributed by atoms with Crippen LogP contribution in [0.2, 0.25) is 5.02 Å². The van der Waals surface area contributed by atoms with E-state index in [9.17, 15) is 4.79 Å². The summed E-state index contributed by atoms with van der Waals surface area (Å²) in [4.78, 5) is 14.9. The van der Waals surface area contributed by atoms with Crippen molar-refractivity contribution in [1.29, 1.82) is 0 Å². The smallest absolute Gasteiger partial charge is 0.257 e. The molecule has 1 aromatic carbocycles. The van der Waals surface area contributed by atoms with E-state index in [2.05, 4.69) is 32.8 Å². The van der Waals surface area contributed by atoms with Crippen LogP contribution in [0.3, 0.4) is 0 Å². The van der Waals surface area contributed by atoms with E-state index in [-0.39, 0.29) is 11.8 Å². The first-order chi connectivity index (χ1) is 11.3. The third-order valence-corrected chi connectivity index (χ3v) is 4.13. The molecular weight excluding hydrogens is 322 g/mol. The second-order valence-electron chi connectivity index (χ2n) is 6.73. The molecule has 2 rings (SSSR count). The molecule has 24 heavy (non-hydrogen) atoms. The Labute approximate surface area is 149 Å². The van der Waals surface area contributed by atoms with Gasteiger partial charge in [-0.15, -0.1) is 0 Å². The van der Waals surface area contributed by atoms with Crippen LogP contribution in [0.4, 0.5) is 0 Å². The van der Waals surface area contributed by atoms with Crippen molar-refractivity contribution >= 4 is 17.5 Å². The lowest BCUT2D eigenvalue weighted by Crippen LogP contribution is -2.34. The topological polar surface area (TPSA) is 38.1 Å². The molecule has 0 atom stereocenters. The number of aromatic nitrogens is 2. The molecule has 0 unspecified atom stereocenters. The average molecular weight is 348 g/mol. The van der Waals surface area contributed by atoms with Gasteiger partial charge in [0.15, 0.2) is 0 Å². The highest BCUT2D eigenvalue weighted by atomic mass is 35.5. The monoisotopic (exact) mass is 347 g/mol. The number of benzene rings is 1. The molecule has 4 nitrogen and oxygen atoms in total. The van der Waals surface area contributed by atoms with E-state index in [1.165, 1.54) is 0 Å². The molecule has 0 bridgehead atoms. The van der Waals surface area contributed by atoms with Crippen molar-refractivity contribution in [2.24, 2.45) is 5.92 Å². The standard InChI is InChI=1S/C19H26ClN3O/c1-6-22(12-13(2)3)19(24)17-11-21-23(18(17)14(4)5)16-9-7-8-15(20)10-16/h7-11,13-14H,6,12H2,1-5H3. The number of hydrogen-bond donors (Lipinski definition) is 0. The van der Waals surface area contributed by atoms with Crippen LogP contribution in [-0.4, -0.2) is 33.7 Å². The summed E-state index contributed by atoms with van der Waals surface area (Å²) in [6.45, 7) is 11.8. The Morgan fingerprint density at radius 3 is 2.54 bits per heavy atom.